The lowest BCUT2D eigenvalue weighted by Gasteiger charge is -2.27. The van der Waals surface area contributed by atoms with Gasteiger partial charge in [-0.3, -0.25) is 4.90 Å². The average molecular weight is 556 g/mol. The maximum Gasteiger partial charge on any atom is 0.191 e. The standard InChI is InChI=1S/C24H36N4O3.HI/c1-2-29-15-6-11-25-24(26-12-10-23-9-5-16-31-23)27-19-21-7-3-4-8-22(21)20-28-13-17-30-18-14-28;/h3-5,7-9,16H,2,6,10-15,17-20H2,1H3,(H2,25,26,27);1H. The highest BCUT2D eigenvalue weighted by atomic mass is 127. The number of hydrogen-bond donors (Lipinski definition) is 2. The van der Waals surface area contributed by atoms with Crippen LogP contribution in [0.5, 0.6) is 0 Å². The number of nitrogens with one attached hydrogen (secondary N) is 2. The molecule has 1 aromatic carbocycles. The number of benzene rings is 1. The summed E-state index contributed by atoms with van der Waals surface area (Å²) in [5, 5.41) is 6.86. The number of halogens is 1. The molecule has 1 aliphatic heterocycles. The van der Waals surface area contributed by atoms with Gasteiger partial charge in [-0.05, 0) is 36.6 Å². The summed E-state index contributed by atoms with van der Waals surface area (Å²) in [6.45, 7) is 10.3. The number of morpholine rings is 1. The maximum absolute atomic E-state index is 5.48. The summed E-state index contributed by atoms with van der Waals surface area (Å²) in [6, 6.07) is 12.5. The second-order valence-electron chi connectivity index (χ2n) is 7.56. The number of nitrogens with zero attached hydrogens (tertiary/aromatic N) is 2. The first-order valence-corrected chi connectivity index (χ1v) is 11.3. The largest absolute Gasteiger partial charge is 0.469 e. The van der Waals surface area contributed by atoms with Gasteiger partial charge >= 0.3 is 0 Å². The summed E-state index contributed by atoms with van der Waals surface area (Å²) < 4.78 is 16.3. The molecule has 0 bridgehead atoms. The van der Waals surface area contributed by atoms with Crippen molar-refractivity contribution in [2.45, 2.75) is 32.9 Å². The zero-order chi connectivity index (χ0) is 21.6. The Balaban J connectivity index is 0.00000363. The van der Waals surface area contributed by atoms with Crippen molar-refractivity contribution < 1.29 is 13.9 Å². The second kappa shape index (κ2) is 16.1. The van der Waals surface area contributed by atoms with Crippen molar-refractivity contribution in [2.24, 2.45) is 4.99 Å². The highest BCUT2D eigenvalue weighted by Gasteiger charge is 2.12. The molecule has 2 heterocycles. The van der Waals surface area contributed by atoms with Gasteiger partial charge in [0.1, 0.15) is 5.76 Å². The quantitative estimate of drug-likeness (QED) is 0.181. The first-order valence-electron chi connectivity index (χ1n) is 11.3. The number of aliphatic imine (C=N–C) groups is 1. The first kappa shape index (κ1) is 26.6. The van der Waals surface area contributed by atoms with Gasteiger partial charge in [0, 0.05) is 52.4 Å². The lowest BCUT2D eigenvalue weighted by molar-refractivity contribution is 0.0341. The summed E-state index contributed by atoms with van der Waals surface area (Å²) in [5.41, 5.74) is 2.59. The van der Waals surface area contributed by atoms with E-state index in [1.54, 1.807) is 6.26 Å². The number of ether oxygens (including phenoxy) is 2. The zero-order valence-electron chi connectivity index (χ0n) is 19.1. The smallest absolute Gasteiger partial charge is 0.191 e. The van der Waals surface area contributed by atoms with E-state index < -0.39 is 0 Å². The van der Waals surface area contributed by atoms with E-state index in [1.807, 2.05) is 19.1 Å². The molecule has 178 valence electrons. The first-order chi connectivity index (χ1) is 15.3. The molecule has 7 nitrogen and oxygen atoms in total. The van der Waals surface area contributed by atoms with Crippen LogP contribution in [0.4, 0.5) is 0 Å². The predicted molar refractivity (Wildman–Crippen MR) is 139 cm³/mol. The van der Waals surface area contributed by atoms with Gasteiger partial charge in [0.15, 0.2) is 5.96 Å². The van der Waals surface area contributed by atoms with Gasteiger partial charge in [0.05, 0.1) is 26.0 Å². The third-order valence-corrected chi connectivity index (χ3v) is 5.23. The van der Waals surface area contributed by atoms with Crippen LogP contribution < -0.4 is 10.6 Å². The minimum atomic E-state index is 0. The molecule has 0 spiro atoms. The lowest BCUT2D eigenvalue weighted by Crippen LogP contribution is -2.39. The van der Waals surface area contributed by atoms with Crippen molar-refractivity contribution >= 4 is 29.9 Å². The van der Waals surface area contributed by atoms with Crippen molar-refractivity contribution in [2.75, 3.05) is 52.6 Å². The normalized spacial score (nSPS) is 14.7. The fraction of sp³-hybridized carbons (Fsp3) is 0.542. The van der Waals surface area contributed by atoms with Gasteiger partial charge in [0.25, 0.3) is 0 Å². The molecule has 0 unspecified atom stereocenters. The summed E-state index contributed by atoms with van der Waals surface area (Å²) in [7, 11) is 0. The van der Waals surface area contributed by atoms with E-state index in [0.29, 0.717) is 6.54 Å². The van der Waals surface area contributed by atoms with Crippen molar-refractivity contribution in [1.29, 1.82) is 0 Å². The van der Waals surface area contributed by atoms with E-state index in [-0.39, 0.29) is 24.0 Å². The van der Waals surface area contributed by atoms with Crippen LogP contribution in [0.2, 0.25) is 0 Å². The van der Waals surface area contributed by atoms with Crippen molar-refractivity contribution in [3.63, 3.8) is 0 Å². The average Bonchev–Trinajstić information content (AvgIpc) is 3.32. The monoisotopic (exact) mass is 556 g/mol. The third-order valence-electron chi connectivity index (χ3n) is 5.23. The zero-order valence-corrected chi connectivity index (χ0v) is 21.4. The summed E-state index contributed by atoms with van der Waals surface area (Å²) in [5.74, 6) is 1.79. The molecule has 0 saturated carbocycles. The molecule has 2 aromatic rings. The molecule has 3 rings (SSSR count). The van der Waals surface area contributed by atoms with Crippen LogP contribution in [0.25, 0.3) is 0 Å². The topological polar surface area (TPSA) is 71.3 Å². The highest BCUT2D eigenvalue weighted by Crippen LogP contribution is 2.14. The van der Waals surface area contributed by atoms with E-state index in [9.17, 15) is 0 Å². The van der Waals surface area contributed by atoms with Crippen LogP contribution in [0.3, 0.4) is 0 Å². The van der Waals surface area contributed by atoms with Gasteiger partial charge in [-0.15, -0.1) is 24.0 Å². The minimum absolute atomic E-state index is 0. The van der Waals surface area contributed by atoms with E-state index in [4.69, 9.17) is 18.9 Å². The molecular weight excluding hydrogens is 519 g/mol. The molecule has 8 heteroatoms. The van der Waals surface area contributed by atoms with Crippen molar-refractivity contribution in [3.8, 4) is 0 Å². The molecule has 1 aliphatic rings. The molecule has 0 radical (unpaired) electrons. The van der Waals surface area contributed by atoms with Crippen LogP contribution in [-0.2, 0) is 29.0 Å². The Bertz CT molecular complexity index is 764. The fourth-order valence-corrected chi connectivity index (χ4v) is 3.49. The Morgan fingerprint density at radius 3 is 2.59 bits per heavy atom. The second-order valence-corrected chi connectivity index (χ2v) is 7.56. The van der Waals surface area contributed by atoms with E-state index in [2.05, 4.69) is 39.8 Å². The Morgan fingerprint density at radius 1 is 1.06 bits per heavy atom. The summed E-state index contributed by atoms with van der Waals surface area (Å²) in [6.07, 6.45) is 3.47. The predicted octanol–water partition coefficient (Wildman–Crippen LogP) is 3.43. The molecule has 32 heavy (non-hydrogen) atoms. The summed E-state index contributed by atoms with van der Waals surface area (Å²) >= 11 is 0. The number of furan rings is 1. The number of guanidine groups is 1. The van der Waals surface area contributed by atoms with E-state index in [0.717, 1.165) is 83.7 Å². The molecule has 1 fully saturated rings. The third kappa shape index (κ3) is 9.89. The van der Waals surface area contributed by atoms with Gasteiger partial charge in [-0.1, -0.05) is 24.3 Å². The van der Waals surface area contributed by atoms with Gasteiger partial charge < -0.3 is 24.5 Å². The van der Waals surface area contributed by atoms with Crippen LogP contribution in [0, 0.1) is 0 Å². The number of rotatable bonds is 12. The van der Waals surface area contributed by atoms with Crippen LogP contribution >= 0.6 is 24.0 Å². The summed E-state index contributed by atoms with van der Waals surface area (Å²) in [4.78, 5) is 7.31. The Labute approximate surface area is 209 Å². The van der Waals surface area contributed by atoms with E-state index in [1.165, 1.54) is 11.1 Å². The molecule has 2 N–H and O–H groups in total. The molecule has 1 saturated heterocycles. The van der Waals surface area contributed by atoms with Crippen LogP contribution in [0.1, 0.15) is 30.2 Å². The van der Waals surface area contributed by atoms with E-state index >= 15 is 0 Å². The number of hydrogen-bond acceptors (Lipinski definition) is 5. The Morgan fingerprint density at radius 2 is 1.84 bits per heavy atom. The highest BCUT2D eigenvalue weighted by molar-refractivity contribution is 14.0. The fourth-order valence-electron chi connectivity index (χ4n) is 3.49. The Kier molecular flexibility index (Phi) is 13.4. The SMILES string of the molecule is CCOCCCNC(=NCc1ccccc1CN1CCOCC1)NCCc1ccco1.I. The Hall–Kier alpha value is -1.62. The molecular formula is C24H37IN4O3. The maximum atomic E-state index is 5.48. The molecule has 0 atom stereocenters. The van der Waals surface area contributed by atoms with Gasteiger partial charge in [-0.25, -0.2) is 4.99 Å². The minimum Gasteiger partial charge on any atom is -0.469 e. The lowest BCUT2D eigenvalue weighted by atomic mass is 10.1. The molecule has 0 amide bonds. The van der Waals surface area contributed by atoms with Crippen molar-refractivity contribution in [1.82, 2.24) is 15.5 Å². The van der Waals surface area contributed by atoms with Gasteiger partial charge in [-0.2, -0.15) is 0 Å². The molecule has 0 aliphatic carbocycles. The van der Waals surface area contributed by atoms with Gasteiger partial charge in [0.2, 0.25) is 0 Å². The van der Waals surface area contributed by atoms with Crippen LogP contribution in [0.15, 0.2) is 52.1 Å². The molecule has 1 aromatic heterocycles. The van der Waals surface area contributed by atoms with Crippen molar-refractivity contribution in [3.05, 3.63) is 59.5 Å². The van der Waals surface area contributed by atoms with Crippen LogP contribution in [-0.4, -0.2) is 63.5 Å².